The molecule has 2 aromatic carbocycles. The Bertz CT molecular complexity index is 727. The summed E-state index contributed by atoms with van der Waals surface area (Å²) in [4.78, 5) is 12.0. The van der Waals surface area contributed by atoms with Crippen molar-refractivity contribution >= 4 is 5.91 Å². The third kappa shape index (κ3) is 6.10. The number of carbonyl (C=O) groups excluding carboxylic acids is 1. The summed E-state index contributed by atoms with van der Waals surface area (Å²) in [5.74, 6) is 0.524. The zero-order valence-corrected chi connectivity index (χ0v) is 14.8. The Morgan fingerprint density at radius 1 is 1.15 bits per heavy atom. The fraction of sp³-hybridized carbons (Fsp3) is 0.350. The van der Waals surface area contributed by atoms with Crippen LogP contribution in [-0.4, -0.2) is 12.5 Å². The fourth-order valence-corrected chi connectivity index (χ4v) is 2.44. The monoisotopic (exact) mass is 365 g/mol. The number of rotatable bonds is 7. The van der Waals surface area contributed by atoms with Gasteiger partial charge in [-0.15, -0.1) is 0 Å². The molecule has 2 rings (SSSR count). The molecule has 0 aliphatic rings. The Hall–Kier alpha value is -2.50. The van der Waals surface area contributed by atoms with Crippen LogP contribution in [0.25, 0.3) is 0 Å². The molecule has 0 spiro atoms. The van der Waals surface area contributed by atoms with E-state index < -0.39 is 17.8 Å². The highest BCUT2D eigenvalue weighted by Crippen LogP contribution is 2.30. The minimum Gasteiger partial charge on any atom is -0.494 e. The van der Waals surface area contributed by atoms with Gasteiger partial charge in [0, 0.05) is 6.42 Å². The molecule has 6 heteroatoms. The van der Waals surface area contributed by atoms with Crippen molar-refractivity contribution < 1.29 is 22.7 Å². The molecule has 0 fully saturated rings. The number of hydrogen-bond acceptors (Lipinski definition) is 2. The SMILES string of the molecule is Cc1ccc(OCCCC(=O)NC(C)c2cccc(C(F)(F)F)c2)cc1. The van der Waals surface area contributed by atoms with Crippen molar-refractivity contribution in [3.8, 4) is 5.75 Å². The van der Waals surface area contributed by atoms with E-state index in [9.17, 15) is 18.0 Å². The molecule has 1 N–H and O–H groups in total. The number of amides is 1. The van der Waals surface area contributed by atoms with Crippen molar-refractivity contribution in [3.05, 3.63) is 65.2 Å². The van der Waals surface area contributed by atoms with Crippen molar-refractivity contribution in [2.75, 3.05) is 6.61 Å². The summed E-state index contributed by atoms with van der Waals surface area (Å²) >= 11 is 0. The van der Waals surface area contributed by atoms with Crippen LogP contribution in [0.5, 0.6) is 5.75 Å². The lowest BCUT2D eigenvalue weighted by Crippen LogP contribution is -2.27. The number of halogens is 3. The van der Waals surface area contributed by atoms with Crippen LogP contribution in [0.1, 0.15) is 42.5 Å². The topological polar surface area (TPSA) is 38.3 Å². The lowest BCUT2D eigenvalue weighted by molar-refractivity contribution is -0.137. The molecule has 3 nitrogen and oxygen atoms in total. The summed E-state index contributed by atoms with van der Waals surface area (Å²) < 4.78 is 43.8. The molecule has 1 unspecified atom stereocenters. The Kier molecular flexibility index (Phi) is 6.66. The van der Waals surface area contributed by atoms with Gasteiger partial charge in [-0.2, -0.15) is 13.2 Å². The Morgan fingerprint density at radius 2 is 1.85 bits per heavy atom. The van der Waals surface area contributed by atoms with E-state index >= 15 is 0 Å². The van der Waals surface area contributed by atoms with Crippen molar-refractivity contribution in [2.24, 2.45) is 0 Å². The van der Waals surface area contributed by atoms with E-state index in [2.05, 4.69) is 5.32 Å². The maximum Gasteiger partial charge on any atom is 0.416 e. The standard InChI is InChI=1S/C20H22F3NO2/c1-14-8-10-18(11-9-14)26-12-4-7-19(25)24-15(2)16-5-3-6-17(13-16)20(21,22)23/h3,5-6,8-11,13,15H,4,7,12H2,1-2H3,(H,24,25). The van der Waals surface area contributed by atoms with Gasteiger partial charge < -0.3 is 10.1 Å². The quantitative estimate of drug-likeness (QED) is 0.697. The largest absolute Gasteiger partial charge is 0.494 e. The molecule has 1 amide bonds. The van der Waals surface area contributed by atoms with Crippen LogP contribution < -0.4 is 10.1 Å². The van der Waals surface area contributed by atoms with Crippen LogP contribution in [0.3, 0.4) is 0 Å². The van der Waals surface area contributed by atoms with Crippen molar-refractivity contribution in [1.82, 2.24) is 5.32 Å². The number of benzene rings is 2. The van der Waals surface area contributed by atoms with E-state index in [0.717, 1.165) is 23.4 Å². The lowest BCUT2D eigenvalue weighted by atomic mass is 10.0. The first-order valence-corrected chi connectivity index (χ1v) is 8.41. The zero-order valence-electron chi connectivity index (χ0n) is 14.8. The lowest BCUT2D eigenvalue weighted by Gasteiger charge is -2.16. The van der Waals surface area contributed by atoms with Gasteiger partial charge in [0.1, 0.15) is 5.75 Å². The van der Waals surface area contributed by atoms with E-state index in [4.69, 9.17) is 4.74 Å². The molecular weight excluding hydrogens is 343 g/mol. The number of carbonyl (C=O) groups is 1. The predicted octanol–water partition coefficient (Wildman–Crippen LogP) is 5.05. The van der Waals surface area contributed by atoms with Gasteiger partial charge in [-0.25, -0.2) is 0 Å². The summed E-state index contributed by atoms with van der Waals surface area (Å²) in [5.41, 5.74) is 0.840. The van der Waals surface area contributed by atoms with Crippen LogP contribution >= 0.6 is 0 Å². The summed E-state index contributed by atoms with van der Waals surface area (Å²) in [5, 5.41) is 2.72. The Labute approximate surface area is 151 Å². The van der Waals surface area contributed by atoms with Gasteiger partial charge in [0.25, 0.3) is 0 Å². The smallest absolute Gasteiger partial charge is 0.416 e. The molecule has 1 atom stereocenters. The van der Waals surface area contributed by atoms with Crippen LogP contribution in [0.15, 0.2) is 48.5 Å². The summed E-state index contributed by atoms with van der Waals surface area (Å²) in [6.45, 7) is 4.05. The molecule has 0 radical (unpaired) electrons. The van der Waals surface area contributed by atoms with Crippen LogP contribution in [0, 0.1) is 6.92 Å². The van der Waals surface area contributed by atoms with E-state index in [1.807, 2.05) is 31.2 Å². The number of nitrogens with one attached hydrogen (secondary N) is 1. The third-order valence-corrected chi connectivity index (χ3v) is 3.93. The first kappa shape index (κ1) is 19.8. The van der Waals surface area contributed by atoms with Crippen molar-refractivity contribution in [3.63, 3.8) is 0 Å². The highest BCUT2D eigenvalue weighted by Gasteiger charge is 2.30. The van der Waals surface area contributed by atoms with E-state index in [1.165, 1.54) is 6.07 Å². The first-order chi connectivity index (χ1) is 12.3. The molecule has 0 saturated carbocycles. The van der Waals surface area contributed by atoms with E-state index in [0.29, 0.717) is 18.6 Å². The summed E-state index contributed by atoms with van der Waals surface area (Å²) in [6.07, 6.45) is -3.63. The summed E-state index contributed by atoms with van der Waals surface area (Å²) in [7, 11) is 0. The molecule has 0 aliphatic carbocycles. The average Bonchev–Trinajstić information content (AvgIpc) is 2.59. The number of hydrogen-bond donors (Lipinski definition) is 1. The maximum atomic E-state index is 12.8. The predicted molar refractivity (Wildman–Crippen MR) is 93.9 cm³/mol. The van der Waals surface area contributed by atoms with Gasteiger partial charge in [0.05, 0.1) is 18.2 Å². The fourth-order valence-electron chi connectivity index (χ4n) is 2.44. The molecule has 2 aromatic rings. The molecule has 26 heavy (non-hydrogen) atoms. The van der Waals surface area contributed by atoms with Crippen molar-refractivity contribution in [1.29, 1.82) is 0 Å². The Balaban J connectivity index is 1.77. The van der Waals surface area contributed by atoms with Gasteiger partial charge in [-0.05, 0) is 50.1 Å². The van der Waals surface area contributed by atoms with Gasteiger partial charge in [-0.1, -0.05) is 29.8 Å². The number of alkyl halides is 3. The van der Waals surface area contributed by atoms with Crippen LogP contribution in [0.4, 0.5) is 13.2 Å². The molecule has 140 valence electrons. The van der Waals surface area contributed by atoms with Gasteiger partial charge >= 0.3 is 6.18 Å². The second-order valence-electron chi connectivity index (χ2n) is 6.18. The van der Waals surface area contributed by atoms with Crippen LogP contribution in [0.2, 0.25) is 0 Å². The second kappa shape index (κ2) is 8.74. The molecule has 0 saturated heterocycles. The van der Waals surface area contributed by atoms with Crippen molar-refractivity contribution in [2.45, 2.75) is 38.9 Å². The minimum atomic E-state index is -4.40. The van der Waals surface area contributed by atoms with E-state index in [-0.39, 0.29) is 12.3 Å². The first-order valence-electron chi connectivity index (χ1n) is 8.41. The normalized spacial score (nSPS) is 12.5. The van der Waals surface area contributed by atoms with Gasteiger partial charge in [0.15, 0.2) is 0 Å². The summed E-state index contributed by atoms with van der Waals surface area (Å²) in [6, 6.07) is 12.1. The van der Waals surface area contributed by atoms with Gasteiger partial charge in [-0.3, -0.25) is 4.79 Å². The van der Waals surface area contributed by atoms with E-state index in [1.54, 1.807) is 13.0 Å². The highest BCUT2D eigenvalue weighted by molar-refractivity contribution is 5.76. The minimum absolute atomic E-state index is 0.220. The molecule has 0 bridgehead atoms. The molecule has 0 heterocycles. The van der Waals surface area contributed by atoms with Gasteiger partial charge in [0.2, 0.25) is 5.91 Å². The second-order valence-corrected chi connectivity index (χ2v) is 6.18. The molecular formula is C20H22F3NO2. The Morgan fingerprint density at radius 3 is 2.50 bits per heavy atom. The number of ether oxygens (including phenoxy) is 1. The third-order valence-electron chi connectivity index (χ3n) is 3.93. The van der Waals surface area contributed by atoms with Crippen LogP contribution in [-0.2, 0) is 11.0 Å². The zero-order chi connectivity index (χ0) is 19.2. The maximum absolute atomic E-state index is 12.8. The average molecular weight is 365 g/mol. The number of aryl methyl sites for hydroxylation is 1. The molecule has 0 aliphatic heterocycles. The highest BCUT2D eigenvalue weighted by atomic mass is 19.4. The molecule has 0 aromatic heterocycles.